The van der Waals surface area contributed by atoms with Crippen LogP contribution < -0.4 is 4.90 Å². The minimum Gasteiger partial charge on any atom is -0.353 e. The van der Waals surface area contributed by atoms with Crippen LogP contribution in [0.25, 0.3) is 28.0 Å². The standard InChI is InChI=1S/C30H28ClFN10O/c1-38(2)29(19-4-6-24(32)23(31)12-19)30(43)41-10-8-40(9-11-41)26-7-5-20(14-34-26)27-28-21(13-33)15-36-42(28)18-25(37-27)22-16-35-39(3)17-22/h4-7,12,14-18,29H,8-11H2,1-3H3. The number of piperazine rings is 1. The van der Waals surface area contributed by atoms with Crippen LogP contribution >= 0.6 is 11.6 Å². The van der Waals surface area contributed by atoms with Gasteiger partial charge in [0.05, 0.1) is 35.0 Å². The molecule has 1 fully saturated rings. The van der Waals surface area contributed by atoms with E-state index < -0.39 is 11.9 Å². The van der Waals surface area contributed by atoms with E-state index in [2.05, 4.69) is 21.2 Å². The Hall–Kier alpha value is -4.86. The van der Waals surface area contributed by atoms with Gasteiger partial charge in [0, 0.05) is 56.7 Å². The van der Waals surface area contributed by atoms with Crippen molar-refractivity contribution in [1.82, 2.24) is 39.2 Å². The second-order valence-corrected chi connectivity index (χ2v) is 11.0. The molecule has 0 aliphatic carbocycles. The van der Waals surface area contributed by atoms with Crippen molar-refractivity contribution in [3.8, 4) is 28.6 Å². The Kier molecular flexibility index (Phi) is 7.52. The number of anilines is 1. The molecule has 43 heavy (non-hydrogen) atoms. The van der Waals surface area contributed by atoms with Gasteiger partial charge in [-0.3, -0.25) is 14.4 Å². The van der Waals surface area contributed by atoms with Gasteiger partial charge >= 0.3 is 0 Å². The minimum atomic E-state index is -0.573. The van der Waals surface area contributed by atoms with Gasteiger partial charge < -0.3 is 9.80 Å². The second kappa shape index (κ2) is 11.4. The molecule has 1 aromatic carbocycles. The largest absolute Gasteiger partial charge is 0.353 e. The summed E-state index contributed by atoms with van der Waals surface area (Å²) in [4.78, 5) is 28.9. The van der Waals surface area contributed by atoms with Crippen LogP contribution in [0.4, 0.5) is 10.2 Å². The number of aromatic nitrogens is 6. The van der Waals surface area contributed by atoms with Gasteiger partial charge in [-0.15, -0.1) is 0 Å². The lowest BCUT2D eigenvalue weighted by Crippen LogP contribution is -2.51. The molecule has 5 aromatic rings. The van der Waals surface area contributed by atoms with Gasteiger partial charge in [0.25, 0.3) is 0 Å². The first kappa shape index (κ1) is 28.3. The smallest absolute Gasteiger partial charge is 0.244 e. The SMILES string of the molecule is CN(C)C(C(=O)N1CCN(c2ccc(-c3nc(-c4cnn(C)c4)cn4ncc(C#N)c34)cn2)CC1)c1ccc(F)c(Cl)c1. The number of rotatable bonds is 6. The van der Waals surface area contributed by atoms with Gasteiger partial charge in [-0.05, 0) is 43.9 Å². The Labute approximate surface area is 252 Å². The highest BCUT2D eigenvalue weighted by Crippen LogP contribution is 2.30. The number of likely N-dealkylation sites (N-methyl/N-ethyl adjacent to an activating group) is 1. The molecular weight excluding hydrogens is 571 g/mol. The lowest BCUT2D eigenvalue weighted by Gasteiger charge is -2.38. The number of nitrogens with zero attached hydrogens (tertiary/aromatic N) is 10. The van der Waals surface area contributed by atoms with E-state index in [0.717, 1.165) is 16.9 Å². The molecule has 5 heterocycles. The van der Waals surface area contributed by atoms with Crippen LogP contribution in [0.3, 0.4) is 0 Å². The molecule has 1 unspecified atom stereocenters. The molecule has 1 saturated heterocycles. The maximum Gasteiger partial charge on any atom is 0.244 e. The first-order valence-corrected chi connectivity index (χ1v) is 14.0. The van der Waals surface area contributed by atoms with Crippen molar-refractivity contribution in [2.45, 2.75) is 6.04 Å². The second-order valence-electron chi connectivity index (χ2n) is 10.6. The molecule has 0 radical (unpaired) electrons. The van der Waals surface area contributed by atoms with Gasteiger partial charge in [0.1, 0.15) is 34.8 Å². The van der Waals surface area contributed by atoms with Gasteiger partial charge in [-0.2, -0.15) is 15.5 Å². The summed E-state index contributed by atoms with van der Waals surface area (Å²) in [5.41, 5.74) is 4.52. The van der Waals surface area contributed by atoms with E-state index in [1.54, 1.807) is 33.9 Å². The quantitative estimate of drug-likeness (QED) is 0.290. The Morgan fingerprint density at radius 2 is 1.84 bits per heavy atom. The van der Waals surface area contributed by atoms with Crippen LogP contribution in [0.2, 0.25) is 5.02 Å². The predicted octanol–water partition coefficient (Wildman–Crippen LogP) is 3.81. The predicted molar refractivity (Wildman–Crippen MR) is 160 cm³/mol. The Bertz CT molecular complexity index is 1850. The summed E-state index contributed by atoms with van der Waals surface area (Å²) in [5, 5.41) is 18.3. The zero-order valence-electron chi connectivity index (χ0n) is 23.8. The molecule has 11 nitrogen and oxygen atoms in total. The summed E-state index contributed by atoms with van der Waals surface area (Å²) < 4.78 is 17.1. The van der Waals surface area contributed by atoms with Crippen LogP contribution in [0.15, 0.2) is 61.3 Å². The maximum absolute atomic E-state index is 13.7. The summed E-state index contributed by atoms with van der Waals surface area (Å²) in [6.45, 7) is 2.22. The molecule has 0 spiro atoms. The molecular formula is C30H28ClFN10O. The van der Waals surface area contributed by atoms with Crippen molar-refractivity contribution in [2.75, 3.05) is 45.2 Å². The first-order valence-electron chi connectivity index (χ1n) is 13.6. The topological polar surface area (TPSA) is 111 Å². The van der Waals surface area contributed by atoms with E-state index in [0.29, 0.717) is 54.2 Å². The molecule has 1 amide bonds. The van der Waals surface area contributed by atoms with Crippen molar-refractivity contribution in [3.63, 3.8) is 0 Å². The Balaban J connectivity index is 1.21. The van der Waals surface area contributed by atoms with Gasteiger partial charge in [-0.1, -0.05) is 17.7 Å². The molecule has 1 aliphatic rings. The molecule has 0 saturated carbocycles. The highest BCUT2D eigenvalue weighted by molar-refractivity contribution is 6.30. The number of carbonyl (C=O) groups is 1. The van der Waals surface area contributed by atoms with E-state index in [9.17, 15) is 14.4 Å². The third-order valence-corrected chi connectivity index (χ3v) is 7.85. The molecule has 13 heteroatoms. The van der Waals surface area contributed by atoms with Crippen LogP contribution in [-0.2, 0) is 11.8 Å². The summed E-state index contributed by atoms with van der Waals surface area (Å²) in [7, 11) is 5.48. The summed E-state index contributed by atoms with van der Waals surface area (Å²) in [6, 6.07) is 9.89. The number of fused-ring (bicyclic) bond motifs is 1. The van der Waals surface area contributed by atoms with Crippen LogP contribution in [0.5, 0.6) is 0 Å². The lowest BCUT2D eigenvalue weighted by molar-refractivity contribution is -0.136. The number of benzene rings is 1. The van der Waals surface area contributed by atoms with Crippen LogP contribution in [0.1, 0.15) is 17.2 Å². The number of halogens is 2. The fourth-order valence-corrected chi connectivity index (χ4v) is 5.57. The minimum absolute atomic E-state index is 0.00620. The molecule has 1 aliphatic heterocycles. The van der Waals surface area contributed by atoms with Crippen molar-refractivity contribution in [2.24, 2.45) is 7.05 Å². The van der Waals surface area contributed by atoms with E-state index in [1.807, 2.05) is 49.3 Å². The molecule has 0 N–H and O–H groups in total. The fraction of sp³-hybridized carbons (Fsp3) is 0.267. The average molecular weight is 599 g/mol. The summed E-state index contributed by atoms with van der Waals surface area (Å²) in [5.74, 6) is 0.201. The third-order valence-electron chi connectivity index (χ3n) is 7.56. The number of hydrogen-bond donors (Lipinski definition) is 0. The van der Waals surface area contributed by atoms with Crippen LogP contribution in [0, 0.1) is 17.1 Å². The van der Waals surface area contributed by atoms with Crippen molar-refractivity contribution in [3.05, 3.63) is 83.3 Å². The molecule has 0 bridgehead atoms. The zero-order valence-corrected chi connectivity index (χ0v) is 24.6. The molecule has 218 valence electrons. The maximum atomic E-state index is 13.7. The van der Waals surface area contributed by atoms with E-state index in [1.165, 1.54) is 18.3 Å². The Morgan fingerprint density at radius 3 is 2.47 bits per heavy atom. The summed E-state index contributed by atoms with van der Waals surface area (Å²) in [6.07, 6.45) is 8.66. The monoisotopic (exact) mass is 598 g/mol. The fourth-order valence-electron chi connectivity index (χ4n) is 5.38. The third kappa shape index (κ3) is 5.40. The van der Waals surface area contributed by atoms with E-state index >= 15 is 0 Å². The zero-order chi connectivity index (χ0) is 30.2. The molecule has 6 rings (SSSR count). The van der Waals surface area contributed by atoms with Crippen molar-refractivity contribution < 1.29 is 9.18 Å². The van der Waals surface area contributed by atoms with Crippen molar-refractivity contribution in [1.29, 1.82) is 5.26 Å². The molecule has 4 aromatic heterocycles. The average Bonchev–Trinajstić information content (AvgIpc) is 3.64. The lowest BCUT2D eigenvalue weighted by atomic mass is 10.0. The Morgan fingerprint density at radius 1 is 1.05 bits per heavy atom. The number of pyridine rings is 1. The number of hydrogen-bond acceptors (Lipinski definition) is 8. The highest BCUT2D eigenvalue weighted by atomic mass is 35.5. The number of carbonyl (C=O) groups excluding carboxylic acids is 1. The van der Waals surface area contributed by atoms with E-state index in [-0.39, 0.29) is 10.9 Å². The number of nitriles is 1. The molecule has 1 atom stereocenters. The number of aryl methyl sites for hydroxylation is 1. The van der Waals surface area contributed by atoms with Gasteiger partial charge in [0.15, 0.2) is 0 Å². The van der Waals surface area contributed by atoms with Crippen LogP contribution in [-0.4, -0.2) is 85.3 Å². The van der Waals surface area contributed by atoms with Crippen molar-refractivity contribution >= 4 is 28.8 Å². The first-order chi connectivity index (χ1) is 20.7. The summed E-state index contributed by atoms with van der Waals surface area (Å²) >= 11 is 6.01. The normalized spacial score (nSPS) is 14.3. The highest BCUT2D eigenvalue weighted by Gasteiger charge is 2.31. The van der Waals surface area contributed by atoms with E-state index in [4.69, 9.17) is 21.6 Å². The van der Waals surface area contributed by atoms with Gasteiger partial charge in [0.2, 0.25) is 5.91 Å². The number of amides is 1. The van der Waals surface area contributed by atoms with Gasteiger partial charge in [-0.25, -0.2) is 18.9 Å².